The number of carbonyl (C=O) groups excluding carboxylic acids is 4. The van der Waals surface area contributed by atoms with Gasteiger partial charge >= 0.3 is 17.9 Å². The zero-order valence-electron chi connectivity index (χ0n) is 21.2. The standard InChI is InChI=1S/C29H24N2O7/c1-13(32)29(28(35)38-4)22-15-10-6-8-12-17(15)31-25-21(22)19(23(29)27(34)37-3)20(26(33)36-2)18-14-9-5-7-11-16(14)30-24(18)25/h5-12,18,23-24,30H,1-4H3. The van der Waals surface area contributed by atoms with E-state index in [1.54, 1.807) is 18.2 Å². The van der Waals surface area contributed by atoms with Crippen molar-refractivity contribution in [3.05, 3.63) is 76.5 Å². The molecule has 9 heteroatoms. The van der Waals surface area contributed by atoms with Gasteiger partial charge in [-0.25, -0.2) is 9.78 Å². The number of benzene rings is 2. The van der Waals surface area contributed by atoms with Gasteiger partial charge in [0.2, 0.25) is 0 Å². The van der Waals surface area contributed by atoms with Crippen LogP contribution >= 0.6 is 0 Å². The van der Waals surface area contributed by atoms with E-state index in [0.29, 0.717) is 27.7 Å². The third-order valence-electron chi connectivity index (χ3n) is 8.05. The lowest BCUT2D eigenvalue weighted by Gasteiger charge is -2.32. The number of aromatic nitrogens is 1. The molecule has 38 heavy (non-hydrogen) atoms. The number of rotatable bonds is 4. The molecule has 2 aromatic carbocycles. The number of anilines is 1. The summed E-state index contributed by atoms with van der Waals surface area (Å²) in [5.74, 6) is -5.11. The van der Waals surface area contributed by atoms with Crippen LogP contribution in [0.2, 0.25) is 0 Å². The predicted octanol–water partition coefficient (Wildman–Crippen LogP) is 3.23. The number of para-hydroxylation sites is 2. The zero-order valence-corrected chi connectivity index (χ0v) is 21.2. The molecule has 2 aliphatic carbocycles. The van der Waals surface area contributed by atoms with Crippen LogP contribution in [-0.2, 0) is 38.8 Å². The van der Waals surface area contributed by atoms with Crippen molar-refractivity contribution in [1.82, 2.24) is 4.98 Å². The van der Waals surface area contributed by atoms with E-state index in [2.05, 4.69) is 5.32 Å². The Morgan fingerprint density at radius 1 is 0.921 bits per heavy atom. The van der Waals surface area contributed by atoms with Gasteiger partial charge in [0.15, 0.2) is 11.2 Å². The largest absolute Gasteiger partial charge is 0.468 e. The molecule has 2 heterocycles. The second-order valence-corrected chi connectivity index (χ2v) is 9.58. The molecule has 0 radical (unpaired) electrons. The number of nitrogens with one attached hydrogen (secondary N) is 1. The summed E-state index contributed by atoms with van der Waals surface area (Å²) in [5, 5.41) is 3.99. The Hall–Kier alpha value is -4.53. The first-order valence-electron chi connectivity index (χ1n) is 12.1. The normalized spacial score (nSPS) is 24.2. The van der Waals surface area contributed by atoms with Crippen LogP contribution in [0.3, 0.4) is 0 Å². The lowest BCUT2D eigenvalue weighted by molar-refractivity contribution is -0.160. The first-order valence-corrected chi connectivity index (χ1v) is 12.1. The minimum atomic E-state index is -2.10. The number of fused-ring (bicyclic) bond motifs is 6. The molecule has 3 aromatic rings. The molecule has 0 saturated carbocycles. The van der Waals surface area contributed by atoms with Crippen molar-refractivity contribution in [3.63, 3.8) is 0 Å². The summed E-state index contributed by atoms with van der Waals surface area (Å²) in [5.41, 5.74) is 1.70. The number of carbonyl (C=O) groups is 4. The third-order valence-corrected chi connectivity index (χ3v) is 8.05. The van der Waals surface area contributed by atoms with E-state index in [9.17, 15) is 19.2 Å². The summed E-state index contributed by atoms with van der Waals surface area (Å²) in [6.07, 6.45) is 0. The van der Waals surface area contributed by atoms with Crippen LogP contribution in [0.5, 0.6) is 0 Å². The minimum absolute atomic E-state index is 0.184. The molecular formula is C29H24N2O7. The van der Waals surface area contributed by atoms with Crippen molar-refractivity contribution in [2.75, 3.05) is 26.6 Å². The maximum Gasteiger partial charge on any atom is 0.334 e. The van der Waals surface area contributed by atoms with Crippen molar-refractivity contribution in [1.29, 1.82) is 0 Å². The highest BCUT2D eigenvalue weighted by molar-refractivity contribution is 6.24. The van der Waals surface area contributed by atoms with Crippen molar-refractivity contribution in [3.8, 4) is 0 Å². The van der Waals surface area contributed by atoms with Gasteiger partial charge in [-0.15, -0.1) is 0 Å². The van der Waals surface area contributed by atoms with Crippen LogP contribution < -0.4 is 5.32 Å². The van der Waals surface area contributed by atoms with Gasteiger partial charge in [0.25, 0.3) is 0 Å². The number of ether oxygens (including phenoxy) is 3. The Balaban J connectivity index is 1.88. The molecule has 4 unspecified atom stereocenters. The maximum absolute atomic E-state index is 13.8. The molecule has 1 aromatic heterocycles. The Kier molecular flexibility index (Phi) is 5.17. The van der Waals surface area contributed by atoms with E-state index in [1.807, 2.05) is 30.3 Å². The van der Waals surface area contributed by atoms with Gasteiger partial charge in [0.05, 0.1) is 44.2 Å². The monoisotopic (exact) mass is 512 g/mol. The molecule has 0 fully saturated rings. The quantitative estimate of drug-likeness (QED) is 0.319. The van der Waals surface area contributed by atoms with Gasteiger partial charge in [0, 0.05) is 22.6 Å². The Morgan fingerprint density at radius 2 is 1.63 bits per heavy atom. The molecule has 4 atom stereocenters. The highest BCUT2D eigenvalue weighted by Gasteiger charge is 2.67. The van der Waals surface area contributed by atoms with Gasteiger partial charge < -0.3 is 19.5 Å². The molecule has 1 N–H and O–H groups in total. The first kappa shape index (κ1) is 23.8. The average Bonchev–Trinajstić information content (AvgIpc) is 3.48. The smallest absolute Gasteiger partial charge is 0.334 e. The van der Waals surface area contributed by atoms with Crippen molar-refractivity contribution < 1.29 is 33.4 Å². The fourth-order valence-corrected chi connectivity index (χ4v) is 6.64. The molecular weight excluding hydrogens is 488 g/mol. The predicted molar refractivity (Wildman–Crippen MR) is 136 cm³/mol. The SMILES string of the molecule is COC(=O)C1=C2c3c(nc4ccccc4c3C(C(C)=O)(C(=O)OC)C2C(=O)OC)C2Nc3ccccc3C12. The molecule has 9 nitrogen and oxygen atoms in total. The highest BCUT2D eigenvalue weighted by Crippen LogP contribution is 2.63. The van der Waals surface area contributed by atoms with Gasteiger partial charge in [-0.05, 0) is 35.8 Å². The van der Waals surface area contributed by atoms with Crippen LogP contribution in [0.15, 0.2) is 54.1 Å². The van der Waals surface area contributed by atoms with E-state index in [-0.39, 0.29) is 11.1 Å². The molecule has 192 valence electrons. The number of Topliss-reactive ketones (excluding diaryl/α,β-unsaturated/α-hetero) is 1. The summed E-state index contributed by atoms with van der Waals surface area (Å²) in [6.45, 7) is 1.25. The number of hydrogen-bond donors (Lipinski definition) is 1. The van der Waals surface area contributed by atoms with Crippen molar-refractivity contribution in [2.24, 2.45) is 5.92 Å². The van der Waals surface area contributed by atoms with Crippen molar-refractivity contribution >= 4 is 45.9 Å². The van der Waals surface area contributed by atoms with Crippen LogP contribution in [0.1, 0.15) is 41.3 Å². The molecule has 3 aliphatic rings. The molecule has 6 rings (SSSR count). The average molecular weight is 513 g/mol. The minimum Gasteiger partial charge on any atom is -0.468 e. The van der Waals surface area contributed by atoms with E-state index in [4.69, 9.17) is 19.2 Å². The first-order chi connectivity index (χ1) is 18.3. The van der Waals surface area contributed by atoms with Gasteiger partial charge in [0.1, 0.15) is 5.92 Å². The van der Waals surface area contributed by atoms with Gasteiger partial charge in [-0.1, -0.05) is 36.4 Å². The van der Waals surface area contributed by atoms with Crippen molar-refractivity contribution in [2.45, 2.75) is 24.3 Å². The number of hydrogen-bond acceptors (Lipinski definition) is 9. The highest BCUT2D eigenvalue weighted by atomic mass is 16.5. The van der Waals surface area contributed by atoms with Crippen LogP contribution in [0.25, 0.3) is 16.5 Å². The Labute approximate surface area is 217 Å². The summed E-state index contributed by atoms with van der Waals surface area (Å²) < 4.78 is 15.7. The number of ketones is 1. The molecule has 0 bridgehead atoms. The van der Waals surface area contributed by atoms with E-state index < -0.39 is 47.0 Å². The second-order valence-electron chi connectivity index (χ2n) is 9.58. The van der Waals surface area contributed by atoms with Crippen LogP contribution in [-0.4, -0.2) is 50.0 Å². The molecule has 0 spiro atoms. The van der Waals surface area contributed by atoms with Gasteiger partial charge in [-0.3, -0.25) is 14.4 Å². The fourth-order valence-electron chi connectivity index (χ4n) is 6.64. The topological polar surface area (TPSA) is 121 Å². The summed E-state index contributed by atoms with van der Waals surface area (Å²) in [6, 6.07) is 14.1. The molecule has 1 aliphatic heterocycles. The van der Waals surface area contributed by atoms with E-state index >= 15 is 0 Å². The lowest BCUT2D eigenvalue weighted by Crippen LogP contribution is -2.50. The summed E-state index contributed by atoms with van der Waals surface area (Å²) in [7, 11) is 3.61. The fraction of sp³-hybridized carbons (Fsp3) is 0.276. The van der Waals surface area contributed by atoms with E-state index in [0.717, 1.165) is 11.3 Å². The molecule has 0 saturated heterocycles. The third kappa shape index (κ3) is 2.73. The summed E-state index contributed by atoms with van der Waals surface area (Å²) >= 11 is 0. The lowest BCUT2D eigenvalue weighted by atomic mass is 9.69. The van der Waals surface area contributed by atoms with Crippen LogP contribution in [0.4, 0.5) is 5.69 Å². The summed E-state index contributed by atoms with van der Waals surface area (Å²) in [4.78, 5) is 59.7. The maximum atomic E-state index is 13.8. The van der Waals surface area contributed by atoms with Gasteiger partial charge in [-0.2, -0.15) is 0 Å². The number of nitrogens with zero attached hydrogens (tertiary/aromatic N) is 1. The second kappa shape index (κ2) is 8.24. The zero-order chi connectivity index (χ0) is 26.9. The Morgan fingerprint density at radius 3 is 2.32 bits per heavy atom. The number of pyridine rings is 1. The molecule has 0 amide bonds. The Bertz CT molecular complexity index is 1620. The number of esters is 3. The number of methoxy groups -OCH3 is 3. The van der Waals surface area contributed by atoms with Crippen LogP contribution in [0, 0.1) is 5.92 Å². The van der Waals surface area contributed by atoms with E-state index in [1.165, 1.54) is 28.3 Å².